The standard InChI is InChI=1S/C40H52O4/c1-14-15-42-36(41)29-20-34(43-25-27-16-30(37(2,3)4)22-31(17-27)38(5,6)7)24-35(21-29)44-26-28-18-32(39(8,9)10)23-33(19-28)40(11,12)13/h1,16-24H,15,25-26H2,2-13H3. The van der Waals surface area contributed by atoms with Crippen LogP contribution in [0.3, 0.4) is 0 Å². The van der Waals surface area contributed by atoms with Gasteiger partial charge < -0.3 is 14.2 Å². The van der Waals surface area contributed by atoms with Crippen molar-refractivity contribution in [2.75, 3.05) is 6.61 Å². The minimum atomic E-state index is -0.521. The summed E-state index contributed by atoms with van der Waals surface area (Å²) in [5.74, 6) is 2.88. The second-order valence-corrected chi connectivity index (χ2v) is 15.9. The largest absolute Gasteiger partial charge is 0.489 e. The molecule has 236 valence electrons. The van der Waals surface area contributed by atoms with Gasteiger partial charge in [0, 0.05) is 6.07 Å². The molecule has 0 aliphatic rings. The summed E-state index contributed by atoms with van der Waals surface area (Å²) in [6.07, 6.45) is 5.33. The molecule has 0 radical (unpaired) electrons. The number of hydrogen-bond donors (Lipinski definition) is 0. The van der Waals surface area contributed by atoms with Crippen molar-refractivity contribution >= 4 is 5.97 Å². The normalized spacial score (nSPS) is 12.4. The van der Waals surface area contributed by atoms with Gasteiger partial charge in [-0.1, -0.05) is 125 Å². The van der Waals surface area contributed by atoms with E-state index < -0.39 is 5.97 Å². The highest BCUT2D eigenvalue weighted by Crippen LogP contribution is 2.33. The number of rotatable bonds is 8. The van der Waals surface area contributed by atoms with Crippen molar-refractivity contribution < 1.29 is 19.0 Å². The molecule has 4 heteroatoms. The van der Waals surface area contributed by atoms with Crippen molar-refractivity contribution in [1.82, 2.24) is 0 Å². The maximum Gasteiger partial charge on any atom is 0.339 e. The number of terminal acetylenes is 1. The van der Waals surface area contributed by atoms with Crippen molar-refractivity contribution in [1.29, 1.82) is 0 Å². The maximum absolute atomic E-state index is 12.8. The van der Waals surface area contributed by atoms with Crippen LogP contribution in [0.4, 0.5) is 0 Å². The molecule has 0 heterocycles. The first-order chi connectivity index (χ1) is 20.2. The Morgan fingerprint density at radius 3 is 1.20 bits per heavy atom. The van der Waals surface area contributed by atoms with Gasteiger partial charge in [-0.2, -0.15) is 0 Å². The second kappa shape index (κ2) is 13.1. The Bertz CT molecular complexity index is 1350. The van der Waals surface area contributed by atoms with Crippen molar-refractivity contribution in [2.45, 2.75) is 118 Å². The van der Waals surface area contributed by atoms with Crippen molar-refractivity contribution in [3.63, 3.8) is 0 Å². The number of esters is 1. The Morgan fingerprint density at radius 1 is 0.568 bits per heavy atom. The summed E-state index contributed by atoms with van der Waals surface area (Å²) in [4.78, 5) is 12.8. The monoisotopic (exact) mass is 596 g/mol. The van der Waals surface area contributed by atoms with E-state index in [4.69, 9.17) is 20.6 Å². The number of hydrogen-bond acceptors (Lipinski definition) is 4. The van der Waals surface area contributed by atoms with Crippen LogP contribution < -0.4 is 9.47 Å². The molecule has 3 rings (SSSR count). The third-order valence-electron chi connectivity index (χ3n) is 7.66. The Hall–Kier alpha value is -3.71. The Kier molecular flexibility index (Phi) is 10.4. The molecule has 0 unspecified atom stereocenters. The van der Waals surface area contributed by atoms with E-state index in [0.29, 0.717) is 30.3 Å². The maximum atomic E-state index is 12.8. The highest BCUT2D eigenvalue weighted by atomic mass is 16.5. The zero-order chi connectivity index (χ0) is 33.1. The van der Waals surface area contributed by atoms with Gasteiger partial charge in [0.25, 0.3) is 0 Å². The number of carbonyl (C=O) groups is 1. The molecule has 0 amide bonds. The van der Waals surface area contributed by atoms with Gasteiger partial charge in [-0.05, 0) is 67.2 Å². The SMILES string of the molecule is C#CCOC(=O)c1cc(OCc2cc(C(C)(C)C)cc(C(C)(C)C)c2)cc(OCc2cc(C(C)(C)C)cc(C(C)(C)C)c2)c1. The zero-order valence-electron chi connectivity index (χ0n) is 29.0. The van der Waals surface area contributed by atoms with Crippen molar-refractivity contribution in [3.05, 3.63) is 93.5 Å². The van der Waals surface area contributed by atoms with Gasteiger partial charge in [0.1, 0.15) is 24.7 Å². The summed E-state index contributed by atoms with van der Waals surface area (Å²) >= 11 is 0. The molecule has 0 bridgehead atoms. The van der Waals surface area contributed by atoms with Crippen LogP contribution in [-0.2, 0) is 39.6 Å². The fourth-order valence-electron chi connectivity index (χ4n) is 4.66. The van der Waals surface area contributed by atoms with E-state index in [1.54, 1.807) is 12.1 Å². The number of carbonyl (C=O) groups excluding carboxylic acids is 1. The summed E-state index contributed by atoms with van der Waals surface area (Å²) in [6, 6.07) is 18.6. The summed E-state index contributed by atoms with van der Waals surface area (Å²) in [5.41, 5.74) is 7.46. The van der Waals surface area contributed by atoms with E-state index in [2.05, 4.69) is 125 Å². The topological polar surface area (TPSA) is 44.8 Å². The summed E-state index contributed by atoms with van der Waals surface area (Å²) in [6.45, 7) is 27.2. The Balaban J connectivity index is 1.95. The second-order valence-electron chi connectivity index (χ2n) is 15.9. The average molecular weight is 597 g/mol. The molecule has 3 aromatic carbocycles. The van der Waals surface area contributed by atoms with Crippen molar-refractivity contribution in [3.8, 4) is 23.8 Å². The van der Waals surface area contributed by atoms with Gasteiger partial charge >= 0.3 is 5.97 Å². The van der Waals surface area contributed by atoms with Crippen LogP contribution in [0.15, 0.2) is 54.6 Å². The molecule has 0 aliphatic carbocycles. The molecule has 0 N–H and O–H groups in total. The van der Waals surface area contributed by atoms with E-state index in [1.807, 2.05) is 6.07 Å². The minimum absolute atomic E-state index is 0.00509. The summed E-state index contributed by atoms with van der Waals surface area (Å²) < 4.78 is 17.9. The lowest BCUT2D eigenvalue weighted by atomic mass is 9.79. The number of ether oxygens (including phenoxy) is 3. The fourth-order valence-corrected chi connectivity index (χ4v) is 4.66. The van der Waals surface area contributed by atoms with E-state index >= 15 is 0 Å². The zero-order valence-corrected chi connectivity index (χ0v) is 29.0. The highest BCUT2D eigenvalue weighted by Gasteiger charge is 2.22. The smallest absolute Gasteiger partial charge is 0.339 e. The molecule has 0 atom stereocenters. The molecule has 0 aliphatic heterocycles. The van der Waals surface area contributed by atoms with Crippen LogP contribution in [0.25, 0.3) is 0 Å². The van der Waals surface area contributed by atoms with Gasteiger partial charge in [-0.15, -0.1) is 6.42 Å². The predicted octanol–water partition coefficient (Wildman–Crippen LogP) is 9.82. The lowest BCUT2D eigenvalue weighted by Gasteiger charge is -2.26. The van der Waals surface area contributed by atoms with E-state index in [9.17, 15) is 4.79 Å². The fraction of sp³-hybridized carbons (Fsp3) is 0.475. The van der Waals surface area contributed by atoms with E-state index in [-0.39, 0.29) is 28.3 Å². The first-order valence-corrected chi connectivity index (χ1v) is 15.5. The lowest BCUT2D eigenvalue weighted by Crippen LogP contribution is -2.17. The summed E-state index contributed by atoms with van der Waals surface area (Å²) in [7, 11) is 0. The van der Waals surface area contributed by atoms with Gasteiger partial charge in [-0.25, -0.2) is 4.79 Å². The van der Waals surface area contributed by atoms with Crippen LogP contribution in [0.2, 0.25) is 0 Å². The Morgan fingerprint density at radius 2 is 0.909 bits per heavy atom. The third-order valence-corrected chi connectivity index (χ3v) is 7.66. The average Bonchev–Trinajstić information content (AvgIpc) is 2.91. The molecule has 0 fully saturated rings. The first-order valence-electron chi connectivity index (χ1n) is 15.5. The van der Waals surface area contributed by atoms with Crippen LogP contribution in [0.5, 0.6) is 11.5 Å². The molecule has 0 saturated heterocycles. The predicted molar refractivity (Wildman–Crippen MR) is 182 cm³/mol. The Labute approximate surface area is 266 Å². The van der Waals surface area contributed by atoms with Crippen LogP contribution >= 0.6 is 0 Å². The number of benzene rings is 3. The van der Waals surface area contributed by atoms with E-state index in [0.717, 1.165) is 11.1 Å². The van der Waals surface area contributed by atoms with Crippen molar-refractivity contribution in [2.24, 2.45) is 0 Å². The highest BCUT2D eigenvalue weighted by molar-refractivity contribution is 5.90. The van der Waals surface area contributed by atoms with E-state index in [1.165, 1.54) is 22.3 Å². The molecule has 44 heavy (non-hydrogen) atoms. The van der Waals surface area contributed by atoms with Crippen LogP contribution in [0.1, 0.15) is 127 Å². The summed E-state index contributed by atoms with van der Waals surface area (Å²) in [5, 5.41) is 0. The van der Waals surface area contributed by atoms with Gasteiger partial charge in [0.15, 0.2) is 6.61 Å². The van der Waals surface area contributed by atoms with Gasteiger partial charge in [-0.3, -0.25) is 0 Å². The van der Waals surface area contributed by atoms with Gasteiger partial charge in [0.05, 0.1) is 5.56 Å². The molecule has 0 saturated carbocycles. The molecule has 4 nitrogen and oxygen atoms in total. The third kappa shape index (κ3) is 9.65. The molecular formula is C40H52O4. The minimum Gasteiger partial charge on any atom is -0.489 e. The van der Waals surface area contributed by atoms with Crippen LogP contribution in [0, 0.1) is 12.3 Å². The quantitative estimate of drug-likeness (QED) is 0.192. The molecule has 3 aromatic rings. The van der Waals surface area contributed by atoms with Crippen LogP contribution in [-0.4, -0.2) is 12.6 Å². The molecule has 0 spiro atoms. The lowest BCUT2D eigenvalue weighted by molar-refractivity contribution is 0.0555. The molecule has 0 aromatic heterocycles. The first kappa shape index (κ1) is 34.8. The van der Waals surface area contributed by atoms with Gasteiger partial charge in [0.2, 0.25) is 0 Å². The molecular weight excluding hydrogens is 544 g/mol.